The number of anilines is 1. The maximum Gasteiger partial charge on any atom is 0.330 e. The molecule has 101 heavy (non-hydrogen) atoms. The summed E-state index contributed by atoms with van der Waals surface area (Å²) in [5.41, 5.74) is 1.90. The fourth-order valence-corrected chi connectivity index (χ4v) is 12.9. The highest BCUT2D eigenvalue weighted by Gasteiger charge is 2.44. The maximum atomic E-state index is 15.3. The van der Waals surface area contributed by atoms with Crippen molar-refractivity contribution in [3.8, 4) is 11.5 Å². The third-order valence-corrected chi connectivity index (χ3v) is 18.8. The van der Waals surface area contributed by atoms with Gasteiger partial charge in [-0.15, -0.1) is 0 Å². The Hall–Kier alpha value is -9.41. The van der Waals surface area contributed by atoms with Crippen molar-refractivity contribution in [3.63, 3.8) is 0 Å². The predicted octanol–water partition coefficient (Wildman–Crippen LogP) is 9.05. The van der Waals surface area contributed by atoms with Crippen molar-refractivity contribution >= 4 is 70.7 Å². The van der Waals surface area contributed by atoms with Crippen LogP contribution in [-0.4, -0.2) is 170 Å². The number of nitrogens with one attached hydrogen (secondary N) is 4. The highest BCUT2D eigenvalue weighted by Crippen LogP contribution is 2.34. The minimum atomic E-state index is -1.48. The number of hydrogen-bond donors (Lipinski definition) is 4. The van der Waals surface area contributed by atoms with Crippen LogP contribution in [0, 0.1) is 11.3 Å². The number of Topliss-reactive ketones (excluding diaryl/α,β-unsaturated/α-hetero) is 1. The summed E-state index contributed by atoms with van der Waals surface area (Å²) < 4.78 is 22.9. The number of esters is 2. The van der Waals surface area contributed by atoms with Crippen molar-refractivity contribution < 1.29 is 71.7 Å². The van der Waals surface area contributed by atoms with E-state index in [4.69, 9.17) is 18.9 Å². The molecular formula is C78H104N8O15. The Kier molecular flexibility index (Phi) is 30.5. The average molecular weight is 1390 g/mol. The molecule has 4 aromatic rings. The molecule has 2 fully saturated rings. The number of allylic oxidation sites excluding steroid dienone is 1. The van der Waals surface area contributed by atoms with Crippen LogP contribution < -0.4 is 30.7 Å². The number of benzene rings is 4. The van der Waals surface area contributed by atoms with Crippen LogP contribution in [0.3, 0.4) is 0 Å². The molecule has 4 N–H and O–H groups in total. The number of carbonyl (C=O) groups excluding carboxylic acids is 11. The molecule has 0 aromatic heterocycles. The molecule has 3 heterocycles. The largest absolute Gasteiger partial charge is 0.493 e. The third-order valence-electron chi connectivity index (χ3n) is 18.8. The summed E-state index contributed by atoms with van der Waals surface area (Å²) in [6.07, 6.45) is 9.88. The van der Waals surface area contributed by atoms with E-state index in [1.165, 1.54) is 48.8 Å². The number of rotatable bonds is 17. The molecule has 0 radical (unpaired) electrons. The highest BCUT2D eigenvalue weighted by molar-refractivity contribution is 6.38. The van der Waals surface area contributed by atoms with Gasteiger partial charge in [0, 0.05) is 71.3 Å². The molecule has 2 saturated heterocycles. The number of aryl methyl sites for hydroxylation is 1. The van der Waals surface area contributed by atoms with E-state index in [-0.39, 0.29) is 69.3 Å². The number of fused-ring (bicyclic) bond motifs is 4. The summed E-state index contributed by atoms with van der Waals surface area (Å²) in [5, 5.41) is 11.6. The molecule has 7 rings (SSSR count). The highest BCUT2D eigenvalue weighted by atomic mass is 16.5. The summed E-state index contributed by atoms with van der Waals surface area (Å²) in [6.45, 7) is 9.77. The zero-order valence-electron chi connectivity index (χ0n) is 60.3. The van der Waals surface area contributed by atoms with E-state index in [1.54, 1.807) is 110 Å². The number of hydrogen-bond acceptors (Lipinski definition) is 15. The molecule has 8 amide bonds. The van der Waals surface area contributed by atoms with Crippen LogP contribution in [0.15, 0.2) is 109 Å². The van der Waals surface area contributed by atoms with Gasteiger partial charge in [0.15, 0.2) is 11.5 Å². The van der Waals surface area contributed by atoms with Crippen LogP contribution in [0.4, 0.5) is 5.69 Å². The predicted molar refractivity (Wildman–Crippen MR) is 382 cm³/mol. The van der Waals surface area contributed by atoms with Crippen LogP contribution in [0.5, 0.6) is 11.5 Å². The summed E-state index contributed by atoms with van der Waals surface area (Å²) >= 11 is 0. The van der Waals surface area contributed by atoms with E-state index >= 15 is 9.59 Å². The number of carbonyl (C=O) groups is 11. The van der Waals surface area contributed by atoms with Crippen LogP contribution in [-0.2, 0) is 81.5 Å². The van der Waals surface area contributed by atoms with Gasteiger partial charge in [0.1, 0.15) is 42.9 Å². The molecule has 3 aliphatic rings. The van der Waals surface area contributed by atoms with Gasteiger partial charge in [-0.2, -0.15) is 0 Å². The van der Waals surface area contributed by atoms with Crippen molar-refractivity contribution in [1.29, 1.82) is 0 Å². The lowest BCUT2D eigenvalue weighted by atomic mass is 9.87. The number of unbranched alkanes of at least 4 members (excludes halogenated alkanes) is 3. The Balaban J connectivity index is 1.18. The molecule has 6 atom stereocenters. The van der Waals surface area contributed by atoms with Crippen molar-refractivity contribution in [3.05, 3.63) is 137 Å². The van der Waals surface area contributed by atoms with E-state index in [0.717, 1.165) is 36.8 Å². The number of methoxy groups -OCH3 is 2. The lowest BCUT2D eigenvalue weighted by molar-refractivity contribution is -0.165. The van der Waals surface area contributed by atoms with Gasteiger partial charge in [0.25, 0.3) is 5.91 Å². The minimum absolute atomic E-state index is 0.0124. The molecular weight excluding hydrogens is 1290 g/mol. The average Bonchev–Trinajstić information content (AvgIpc) is 1.80. The molecule has 23 heteroatoms. The number of ketones is 1. The van der Waals surface area contributed by atoms with Crippen LogP contribution in [0.25, 0.3) is 0 Å². The van der Waals surface area contributed by atoms with Crippen molar-refractivity contribution in [2.75, 3.05) is 66.4 Å². The van der Waals surface area contributed by atoms with Crippen molar-refractivity contribution in [2.24, 2.45) is 11.3 Å². The van der Waals surface area contributed by atoms with Gasteiger partial charge < -0.3 is 59.8 Å². The Morgan fingerprint density at radius 1 is 0.683 bits per heavy atom. The van der Waals surface area contributed by atoms with Crippen LogP contribution >= 0.6 is 0 Å². The van der Waals surface area contributed by atoms with Gasteiger partial charge in [-0.3, -0.25) is 43.2 Å². The van der Waals surface area contributed by atoms with Gasteiger partial charge in [0.05, 0.1) is 26.1 Å². The van der Waals surface area contributed by atoms with Gasteiger partial charge in [-0.05, 0) is 149 Å². The second-order valence-electron chi connectivity index (χ2n) is 27.7. The zero-order chi connectivity index (χ0) is 73.2. The first-order valence-corrected chi connectivity index (χ1v) is 35.7. The first-order chi connectivity index (χ1) is 48.4. The second-order valence-corrected chi connectivity index (χ2v) is 27.7. The van der Waals surface area contributed by atoms with Crippen LogP contribution in [0.1, 0.15) is 177 Å². The van der Waals surface area contributed by atoms with Crippen LogP contribution in [0.2, 0.25) is 0 Å². The van der Waals surface area contributed by atoms with Crippen molar-refractivity contribution in [1.82, 2.24) is 35.6 Å². The number of ether oxygens (including phenoxy) is 4. The first kappa shape index (κ1) is 78.9. The zero-order valence-corrected chi connectivity index (χ0v) is 60.3. The third kappa shape index (κ3) is 23.3. The summed E-state index contributed by atoms with van der Waals surface area (Å²) in [5.74, 6) is -5.62. The molecule has 0 unspecified atom stereocenters. The van der Waals surface area contributed by atoms with E-state index in [9.17, 15) is 43.2 Å². The molecule has 0 aliphatic carbocycles. The molecule has 0 spiro atoms. The lowest BCUT2D eigenvalue weighted by Gasteiger charge is -2.36. The SMILES string of the molecule is CCCCCCNC(=O)Cc1ccc(C[C@@H]2NC(=O)[C@H](c3ccccc3)NC(=O)CCC(=O)Nc3cccc(c3)[C@@H](CCc3ccc(OC)c(OC)c3)OC(=O)[C@@H]3CCCCN3C(=O)C(=O)C(C)(C)COC(=O)C=CCCCCN(C)C(=O)[C@H](CC(C)C)N(C)C(=O)[C@H]3CCCN3C2=O)cc1. The Bertz CT molecular complexity index is 3540. The maximum absolute atomic E-state index is 15.3. The summed E-state index contributed by atoms with van der Waals surface area (Å²) in [4.78, 5) is 162. The molecule has 23 nitrogen and oxygen atoms in total. The van der Waals surface area contributed by atoms with E-state index in [2.05, 4.69) is 28.2 Å². The Morgan fingerprint density at radius 2 is 1.37 bits per heavy atom. The van der Waals surface area contributed by atoms with Gasteiger partial charge >= 0.3 is 11.9 Å². The molecule has 2 bridgehead atoms. The number of nitrogens with zero attached hydrogens (tertiary/aromatic N) is 4. The summed E-state index contributed by atoms with van der Waals surface area (Å²) in [7, 11) is 6.29. The fraction of sp³-hybridized carbons (Fsp3) is 0.526. The van der Waals surface area contributed by atoms with Gasteiger partial charge in [0.2, 0.25) is 47.1 Å². The molecule has 3 aliphatic heterocycles. The van der Waals surface area contributed by atoms with Gasteiger partial charge in [-0.1, -0.05) is 119 Å². The number of cyclic esters (lactones) is 2. The normalized spacial score (nSPS) is 21.8. The smallest absolute Gasteiger partial charge is 0.330 e. The number of amides is 8. The topological polar surface area (TPSA) is 286 Å². The molecule has 4 aromatic carbocycles. The summed E-state index contributed by atoms with van der Waals surface area (Å²) in [6, 6.07) is 22.1. The number of likely N-dealkylation sites (N-methyl/N-ethyl adjacent to an activating group) is 2. The lowest BCUT2D eigenvalue weighted by Crippen LogP contribution is -2.58. The Labute approximate surface area is 594 Å². The standard InChI is InChI=1S/C78H104N8O15/c1-10-11-12-20-42-79-68(89)49-55-34-32-53(33-35-55)47-59-73(93)85-45-24-30-60(85)75(95)84(7)62(46-52(2)3)74(94)83(6)43-21-14-13-18-31-69(90)100-51-78(4,5)71(91)76(96)86-44-22-19-29-61(86)77(97)101-63(38-36-54-37-39-64(98-8)65(48-54)99-9)57-27-23-28-58(50-57)80-66(87)40-41-67(88)82-70(72(92)81-59)56-25-16-15-17-26-56/h15-18,23,25-28,31-35,37,39,48,50,52,59-63,70H,10-14,19-22,24,29-30,36,38,40-47,49,51H2,1-9H3,(H,79,89)(H,80,87)(H,81,92)(H,82,88)/t59-,60+,61-,62-,63+,70-/m0/s1. The molecule has 0 saturated carbocycles. The molecule has 546 valence electrons. The fourth-order valence-electron chi connectivity index (χ4n) is 12.9. The van der Waals surface area contributed by atoms with Gasteiger partial charge in [-0.25, -0.2) is 9.59 Å². The minimum Gasteiger partial charge on any atom is -0.493 e. The van der Waals surface area contributed by atoms with E-state index in [0.29, 0.717) is 105 Å². The Morgan fingerprint density at radius 3 is 2.09 bits per heavy atom. The van der Waals surface area contributed by atoms with E-state index in [1.807, 2.05) is 26.0 Å². The quantitative estimate of drug-likeness (QED) is 0.0436. The first-order valence-electron chi connectivity index (χ1n) is 35.7. The monoisotopic (exact) mass is 1390 g/mol. The second kappa shape index (κ2) is 39.0. The number of piperidine rings is 1. The van der Waals surface area contributed by atoms with E-state index < -0.39 is 101 Å². The van der Waals surface area contributed by atoms with Crippen molar-refractivity contribution in [2.45, 2.75) is 193 Å².